The molecular formula is C12H18S. The molecule has 0 saturated carbocycles. The Balaban J connectivity index is 2.45. The van der Waals surface area contributed by atoms with Crippen molar-refractivity contribution in [3.8, 4) is 0 Å². The van der Waals surface area contributed by atoms with Gasteiger partial charge in [-0.1, -0.05) is 20.8 Å². The topological polar surface area (TPSA) is 0 Å². The predicted octanol–water partition coefficient (Wildman–Crippen LogP) is 4.00. The summed E-state index contributed by atoms with van der Waals surface area (Å²) in [5.74, 6) is 0.786. The third kappa shape index (κ3) is 1.17. The van der Waals surface area contributed by atoms with Crippen molar-refractivity contribution < 1.29 is 0 Å². The minimum atomic E-state index is 0.509. The zero-order valence-electron chi connectivity index (χ0n) is 8.76. The lowest BCUT2D eigenvalue weighted by Gasteiger charge is -2.33. The maximum absolute atomic E-state index is 2.37. The lowest BCUT2D eigenvalue weighted by atomic mass is 9.71. The first-order valence-corrected chi connectivity index (χ1v) is 6.15. The molecule has 1 aliphatic rings. The van der Waals surface area contributed by atoms with E-state index in [-0.39, 0.29) is 0 Å². The fourth-order valence-electron chi connectivity index (χ4n) is 2.82. The molecule has 1 atom stereocenters. The standard InChI is InChI=1S/C12H18S/c1-4-12(9(2)3)7-5-11-10(12)6-8-13-11/h6,8-9H,4-5,7H2,1-3H3. The molecule has 0 N–H and O–H groups in total. The summed E-state index contributed by atoms with van der Waals surface area (Å²) in [6, 6.07) is 2.36. The zero-order valence-corrected chi connectivity index (χ0v) is 9.58. The SMILES string of the molecule is CCC1(C(C)C)CCc2sccc21. The van der Waals surface area contributed by atoms with Gasteiger partial charge in [-0.25, -0.2) is 0 Å². The molecule has 0 aromatic carbocycles. The fraction of sp³-hybridized carbons (Fsp3) is 0.667. The zero-order chi connectivity index (χ0) is 9.47. The van der Waals surface area contributed by atoms with Gasteiger partial charge in [0.25, 0.3) is 0 Å². The molecular weight excluding hydrogens is 176 g/mol. The molecule has 1 aromatic rings. The van der Waals surface area contributed by atoms with E-state index in [0.717, 1.165) is 5.92 Å². The molecule has 0 spiro atoms. The van der Waals surface area contributed by atoms with Crippen molar-refractivity contribution >= 4 is 11.3 Å². The summed E-state index contributed by atoms with van der Waals surface area (Å²) in [5, 5.41) is 2.26. The Kier molecular flexibility index (Phi) is 2.23. The molecule has 0 bridgehead atoms. The Labute approximate surface area is 85.0 Å². The van der Waals surface area contributed by atoms with Crippen LogP contribution < -0.4 is 0 Å². The van der Waals surface area contributed by atoms with Crippen LogP contribution in [0.25, 0.3) is 0 Å². The molecule has 0 aliphatic heterocycles. The Hall–Kier alpha value is -0.300. The number of thiophene rings is 1. The van der Waals surface area contributed by atoms with E-state index in [1.165, 1.54) is 19.3 Å². The van der Waals surface area contributed by atoms with Gasteiger partial charge in [0.1, 0.15) is 0 Å². The van der Waals surface area contributed by atoms with Crippen LogP contribution in [0.3, 0.4) is 0 Å². The van der Waals surface area contributed by atoms with Gasteiger partial charge in [0.15, 0.2) is 0 Å². The van der Waals surface area contributed by atoms with E-state index in [0.29, 0.717) is 5.41 Å². The molecule has 1 heterocycles. The van der Waals surface area contributed by atoms with E-state index >= 15 is 0 Å². The summed E-state index contributed by atoms with van der Waals surface area (Å²) in [6.07, 6.45) is 4.00. The largest absolute Gasteiger partial charge is 0.149 e. The van der Waals surface area contributed by atoms with Gasteiger partial charge in [-0.15, -0.1) is 11.3 Å². The smallest absolute Gasteiger partial charge is 0.00832 e. The second-order valence-electron chi connectivity index (χ2n) is 4.42. The lowest BCUT2D eigenvalue weighted by molar-refractivity contribution is 0.294. The van der Waals surface area contributed by atoms with Crippen molar-refractivity contribution in [2.45, 2.75) is 45.4 Å². The summed E-state index contributed by atoms with van der Waals surface area (Å²) >= 11 is 1.95. The minimum Gasteiger partial charge on any atom is -0.149 e. The van der Waals surface area contributed by atoms with Gasteiger partial charge in [-0.2, -0.15) is 0 Å². The maximum Gasteiger partial charge on any atom is 0.00832 e. The van der Waals surface area contributed by atoms with Crippen LogP contribution in [0.15, 0.2) is 11.4 Å². The van der Waals surface area contributed by atoms with Gasteiger partial charge >= 0.3 is 0 Å². The molecule has 0 nitrogen and oxygen atoms in total. The Morgan fingerprint density at radius 2 is 2.31 bits per heavy atom. The highest BCUT2D eigenvalue weighted by Crippen LogP contribution is 2.48. The molecule has 2 rings (SSSR count). The van der Waals surface area contributed by atoms with Crippen LogP contribution >= 0.6 is 11.3 Å². The first kappa shape index (κ1) is 9.26. The van der Waals surface area contributed by atoms with E-state index in [9.17, 15) is 0 Å². The quantitative estimate of drug-likeness (QED) is 0.667. The monoisotopic (exact) mass is 194 g/mol. The Morgan fingerprint density at radius 3 is 2.92 bits per heavy atom. The van der Waals surface area contributed by atoms with Crippen LogP contribution in [-0.2, 0) is 11.8 Å². The lowest BCUT2D eigenvalue weighted by Crippen LogP contribution is -2.28. The number of fused-ring (bicyclic) bond motifs is 1. The molecule has 1 heteroatoms. The number of hydrogen-bond acceptors (Lipinski definition) is 1. The molecule has 0 saturated heterocycles. The molecule has 1 unspecified atom stereocenters. The fourth-order valence-corrected chi connectivity index (χ4v) is 3.81. The van der Waals surface area contributed by atoms with Crippen molar-refractivity contribution in [3.63, 3.8) is 0 Å². The number of hydrogen-bond donors (Lipinski definition) is 0. The number of rotatable bonds is 2. The normalized spacial score (nSPS) is 26.8. The molecule has 0 amide bonds. The van der Waals surface area contributed by atoms with Crippen LogP contribution in [0.2, 0.25) is 0 Å². The average Bonchev–Trinajstić information content (AvgIpc) is 2.62. The van der Waals surface area contributed by atoms with Gasteiger partial charge in [0.05, 0.1) is 0 Å². The Morgan fingerprint density at radius 1 is 1.54 bits per heavy atom. The van der Waals surface area contributed by atoms with Crippen LogP contribution in [0.1, 0.15) is 44.1 Å². The van der Waals surface area contributed by atoms with E-state index in [4.69, 9.17) is 0 Å². The van der Waals surface area contributed by atoms with E-state index in [1.54, 1.807) is 10.4 Å². The first-order chi connectivity index (χ1) is 6.20. The molecule has 72 valence electrons. The summed E-state index contributed by atoms with van der Waals surface area (Å²) in [6.45, 7) is 7.08. The molecule has 1 aliphatic carbocycles. The molecule has 1 aromatic heterocycles. The van der Waals surface area contributed by atoms with Crippen LogP contribution in [0.4, 0.5) is 0 Å². The first-order valence-electron chi connectivity index (χ1n) is 5.27. The second kappa shape index (κ2) is 3.13. The summed E-state index contributed by atoms with van der Waals surface area (Å²) < 4.78 is 0. The Bertz CT molecular complexity index is 298. The second-order valence-corrected chi connectivity index (χ2v) is 5.42. The summed E-state index contributed by atoms with van der Waals surface area (Å²) in [7, 11) is 0. The highest BCUT2D eigenvalue weighted by molar-refractivity contribution is 7.10. The summed E-state index contributed by atoms with van der Waals surface area (Å²) in [5.41, 5.74) is 2.17. The molecule has 0 fully saturated rings. The highest BCUT2D eigenvalue weighted by Gasteiger charge is 2.40. The van der Waals surface area contributed by atoms with Gasteiger partial charge < -0.3 is 0 Å². The average molecular weight is 194 g/mol. The van der Waals surface area contributed by atoms with E-state index < -0.39 is 0 Å². The van der Waals surface area contributed by atoms with E-state index in [2.05, 4.69) is 32.2 Å². The van der Waals surface area contributed by atoms with Crippen LogP contribution in [0.5, 0.6) is 0 Å². The van der Waals surface area contributed by atoms with E-state index in [1.807, 2.05) is 11.3 Å². The van der Waals surface area contributed by atoms with Crippen LogP contribution in [-0.4, -0.2) is 0 Å². The van der Waals surface area contributed by atoms with Crippen molar-refractivity contribution in [3.05, 3.63) is 21.9 Å². The van der Waals surface area contributed by atoms with Gasteiger partial charge in [0, 0.05) is 4.88 Å². The predicted molar refractivity (Wildman–Crippen MR) is 59.4 cm³/mol. The summed E-state index contributed by atoms with van der Waals surface area (Å²) in [4.78, 5) is 1.65. The maximum atomic E-state index is 2.37. The minimum absolute atomic E-state index is 0.509. The third-order valence-corrected chi connectivity index (χ3v) is 4.80. The molecule has 0 radical (unpaired) electrons. The van der Waals surface area contributed by atoms with Crippen molar-refractivity contribution in [2.24, 2.45) is 5.92 Å². The molecule has 13 heavy (non-hydrogen) atoms. The van der Waals surface area contributed by atoms with Gasteiger partial charge in [-0.3, -0.25) is 0 Å². The van der Waals surface area contributed by atoms with Crippen molar-refractivity contribution in [1.82, 2.24) is 0 Å². The highest BCUT2D eigenvalue weighted by atomic mass is 32.1. The van der Waals surface area contributed by atoms with Crippen molar-refractivity contribution in [1.29, 1.82) is 0 Å². The van der Waals surface area contributed by atoms with Gasteiger partial charge in [-0.05, 0) is 47.6 Å². The third-order valence-electron chi connectivity index (χ3n) is 3.82. The van der Waals surface area contributed by atoms with Gasteiger partial charge in [0.2, 0.25) is 0 Å². The van der Waals surface area contributed by atoms with Crippen LogP contribution in [0, 0.1) is 5.92 Å². The van der Waals surface area contributed by atoms with Crippen molar-refractivity contribution in [2.75, 3.05) is 0 Å². The number of aryl methyl sites for hydroxylation is 1.